The second-order valence-corrected chi connectivity index (χ2v) is 5.23. The van der Waals surface area contributed by atoms with E-state index in [-0.39, 0.29) is 0 Å². The van der Waals surface area contributed by atoms with Crippen molar-refractivity contribution < 1.29 is 9.47 Å². The third-order valence-corrected chi connectivity index (χ3v) is 3.38. The molecule has 24 heavy (non-hydrogen) atoms. The molecule has 1 N–H and O–H groups in total. The van der Waals surface area contributed by atoms with Gasteiger partial charge in [0.1, 0.15) is 18.1 Å². The van der Waals surface area contributed by atoms with Gasteiger partial charge < -0.3 is 14.8 Å². The Labute approximate surface area is 142 Å². The van der Waals surface area contributed by atoms with Crippen molar-refractivity contribution >= 4 is 5.69 Å². The van der Waals surface area contributed by atoms with E-state index in [2.05, 4.69) is 11.9 Å². The highest BCUT2D eigenvalue weighted by Gasteiger charge is 2.06. The van der Waals surface area contributed by atoms with Crippen molar-refractivity contribution in [2.24, 2.45) is 0 Å². The molecule has 0 radical (unpaired) electrons. The van der Waals surface area contributed by atoms with Gasteiger partial charge in [-0.3, -0.25) is 0 Å². The average molecular weight is 317 g/mol. The minimum absolute atomic E-state index is 0.442. The third kappa shape index (κ3) is 4.40. The molecule has 0 fully saturated rings. The molecule has 0 aromatic heterocycles. The Morgan fingerprint density at radius 2 is 1.42 bits per heavy atom. The van der Waals surface area contributed by atoms with Crippen LogP contribution in [0.2, 0.25) is 0 Å². The van der Waals surface area contributed by atoms with Crippen LogP contribution in [0.4, 0.5) is 5.69 Å². The van der Waals surface area contributed by atoms with E-state index in [1.807, 2.05) is 84.9 Å². The Bertz CT molecular complexity index is 785. The maximum absolute atomic E-state index is 5.92. The molecule has 0 bridgehead atoms. The molecular formula is C21H19NO2. The molecule has 3 aromatic carbocycles. The number of rotatable bonds is 7. The Morgan fingerprint density at radius 1 is 0.792 bits per heavy atom. The fourth-order valence-electron chi connectivity index (χ4n) is 2.24. The van der Waals surface area contributed by atoms with E-state index in [9.17, 15) is 0 Å². The molecule has 0 aliphatic heterocycles. The topological polar surface area (TPSA) is 30.5 Å². The van der Waals surface area contributed by atoms with E-state index in [0.29, 0.717) is 12.5 Å². The number of benzene rings is 3. The van der Waals surface area contributed by atoms with Crippen molar-refractivity contribution in [2.45, 2.75) is 6.61 Å². The van der Waals surface area contributed by atoms with Gasteiger partial charge in [-0.25, -0.2) is 0 Å². The van der Waals surface area contributed by atoms with Crippen LogP contribution < -0.4 is 14.8 Å². The largest absolute Gasteiger partial charge is 0.487 e. The lowest BCUT2D eigenvalue weighted by Crippen LogP contribution is -2.07. The minimum Gasteiger partial charge on any atom is -0.487 e. The Morgan fingerprint density at radius 3 is 2.17 bits per heavy atom. The first-order valence-corrected chi connectivity index (χ1v) is 7.76. The zero-order valence-corrected chi connectivity index (χ0v) is 13.3. The predicted octanol–water partition coefficient (Wildman–Crippen LogP) is 5.23. The van der Waals surface area contributed by atoms with Gasteiger partial charge in [0.05, 0.1) is 5.69 Å². The van der Waals surface area contributed by atoms with E-state index >= 15 is 0 Å². The van der Waals surface area contributed by atoms with Crippen LogP contribution in [0.5, 0.6) is 11.5 Å². The van der Waals surface area contributed by atoms with Crippen molar-refractivity contribution in [3.63, 3.8) is 0 Å². The number of hydrogen-bond acceptors (Lipinski definition) is 3. The molecule has 0 aliphatic carbocycles. The van der Waals surface area contributed by atoms with Crippen LogP contribution in [-0.4, -0.2) is 0 Å². The molecule has 0 unspecified atom stereocenters. The van der Waals surface area contributed by atoms with Crippen LogP contribution >= 0.6 is 0 Å². The predicted molar refractivity (Wildman–Crippen MR) is 97.0 cm³/mol. The van der Waals surface area contributed by atoms with Crippen molar-refractivity contribution in [1.29, 1.82) is 0 Å². The summed E-state index contributed by atoms with van der Waals surface area (Å²) in [6, 6.07) is 27.3. The van der Waals surface area contributed by atoms with Gasteiger partial charge in [0.15, 0.2) is 5.88 Å². The molecule has 0 saturated heterocycles. The Kier molecular flexibility index (Phi) is 5.15. The van der Waals surface area contributed by atoms with Crippen LogP contribution in [-0.2, 0) is 6.61 Å². The van der Waals surface area contributed by atoms with Crippen LogP contribution in [0, 0.1) is 0 Å². The Hall–Kier alpha value is -3.20. The third-order valence-electron chi connectivity index (χ3n) is 3.38. The summed E-state index contributed by atoms with van der Waals surface area (Å²) in [6.45, 7) is 4.42. The molecule has 0 saturated carbocycles. The van der Waals surface area contributed by atoms with E-state index in [1.165, 1.54) is 0 Å². The minimum atomic E-state index is 0.442. The zero-order valence-electron chi connectivity index (χ0n) is 13.3. The maximum Gasteiger partial charge on any atom is 0.190 e. The summed E-state index contributed by atoms with van der Waals surface area (Å²) in [5.41, 5.74) is 1.93. The van der Waals surface area contributed by atoms with Crippen molar-refractivity contribution in [1.82, 2.24) is 0 Å². The summed E-state index contributed by atoms with van der Waals surface area (Å²) in [6.07, 6.45) is 0. The normalized spacial score (nSPS) is 10.0. The first kappa shape index (κ1) is 15.7. The lowest BCUT2D eigenvalue weighted by atomic mass is 10.2. The smallest absolute Gasteiger partial charge is 0.190 e. The van der Waals surface area contributed by atoms with Gasteiger partial charge in [0, 0.05) is 0 Å². The van der Waals surface area contributed by atoms with Gasteiger partial charge in [-0.2, -0.15) is 0 Å². The summed E-state index contributed by atoms with van der Waals surface area (Å²) < 4.78 is 11.6. The number of anilines is 1. The van der Waals surface area contributed by atoms with Gasteiger partial charge in [0.2, 0.25) is 0 Å². The van der Waals surface area contributed by atoms with Crippen molar-refractivity contribution in [2.75, 3.05) is 5.32 Å². The molecule has 3 heteroatoms. The van der Waals surface area contributed by atoms with E-state index in [1.54, 1.807) is 0 Å². The quantitative estimate of drug-likeness (QED) is 0.605. The first-order chi connectivity index (χ1) is 11.8. The number of para-hydroxylation sites is 3. The van der Waals surface area contributed by atoms with Crippen LogP contribution in [0.1, 0.15) is 5.56 Å². The summed E-state index contributed by atoms with van der Waals surface area (Å²) in [5.74, 6) is 1.92. The highest BCUT2D eigenvalue weighted by Crippen LogP contribution is 2.26. The monoisotopic (exact) mass is 317 g/mol. The van der Waals surface area contributed by atoms with Gasteiger partial charge >= 0.3 is 0 Å². The summed E-state index contributed by atoms with van der Waals surface area (Å²) in [4.78, 5) is 0. The number of hydrogen-bond donors (Lipinski definition) is 1. The highest BCUT2D eigenvalue weighted by molar-refractivity contribution is 5.58. The van der Waals surface area contributed by atoms with Gasteiger partial charge in [0.25, 0.3) is 0 Å². The summed E-state index contributed by atoms with van der Waals surface area (Å²) in [7, 11) is 0. The van der Waals surface area contributed by atoms with Crippen LogP contribution in [0.15, 0.2) is 97.4 Å². The molecule has 120 valence electrons. The molecule has 3 nitrogen and oxygen atoms in total. The van der Waals surface area contributed by atoms with Gasteiger partial charge in [-0.1, -0.05) is 60.7 Å². The van der Waals surface area contributed by atoms with Gasteiger partial charge in [-0.15, -0.1) is 0 Å². The lowest BCUT2D eigenvalue weighted by molar-refractivity contribution is 0.307. The standard InChI is InChI=1S/C21H19NO2/c1-17(24-19-12-6-3-7-13-19)22-20-14-8-9-15-21(20)23-16-18-10-4-2-5-11-18/h2-15,22H,1,16H2. The number of nitrogens with one attached hydrogen (secondary N) is 1. The van der Waals surface area contributed by atoms with Crippen molar-refractivity contribution in [3.8, 4) is 11.5 Å². The Balaban J connectivity index is 1.64. The summed E-state index contributed by atoms with van der Waals surface area (Å²) >= 11 is 0. The van der Waals surface area contributed by atoms with E-state index in [0.717, 1.165) is 22.7 Å². The van der Waals surface area contributed by atoms with Gasteiger partial charge in [-0.05, 0) is 36.4 Å². The molecular weight excluding hydrogens is 298 g/mol. The van der Waals surface area contributed by atoms with E-state index in [4.69, 9.17) is 9.47 Å². The zero-order chi connectivity index (χ0) is 16.6. The summed E-state index contributed by atoms with van der Waals surface area (Å²) in [5, 5.41) is 3.15. The molecule has 0 spiro atoms. The molecule has 0 aliphatic rings. The highest BCUT2D eigenvalue weighted by atomic mass is 16.5. The second-order valence-electron chi connectivity index (χ2n) is 5.23. The fourth-order valence-corrected chi connectivity index (χ4v) is 2.24. The van der Waals surface area contributed by atoms with Crippen molar-refractivity contribution in [3.05, 3.63) is 103 Å². The average Bonchev–Trinajstić information content (AvgIpc) is 2.63. The van der Waals surface area contributed by atoms with E-state index < -0.39 is 0 Å². The first-order valence-electron chi connectivity index (χ1n) is 7.76. The fraction of sp³-hybridized carbons (Fsp3) is 0.0476. The molecule has 0 atom stereocenters. The second kappa shape index (κ2) is 7.88. The molecule has 0 amide bonds. The maximum atomic E-state index is 5.92. The molecule has 3 aromatic rings. The SMILES string of the molecule is C=C(Nc1ccccc1OCc1ccccc1)Oc1ccccc1. The van der Waals surface area contributed by atoms with Crippen LogP contribution in [0.3, 0.4) is 0 Å². The lowest BCUT2D eigenvalue weighted by Gasteiger charge is -2.15. The van der Waals surface area contributed by atoms with Crippen LogP contribution in [0.25, 0.3) is 0 Å². The number of ether oxygens (including phenoxy) is 2. The molecule has 3 rings (SSSR count). The molecule has 0 heterocycles.